The van der Waals surface area contributed by atoms with Gasteiger partial charge in [-0.3, -0.25) is 0 Å². The summed E-state index contributed by atoms with van der Waals surface area (Å²) in [5.74, 6) is 0. The van der Waals surface area contributed by atoms with Crippen molar-refractivity contribution in [2.75, 3.05) is 25.1 Å². The monoisotopic (exact) mass is 339 g/mol. The predicted octanol–water partition coefficient (Wildman–Crippen LogP) is 3.90. The lowest BCUT2D eigenvalue weighted by molar-refractivity contribution is -0.135. The van der Waals surface area contributed by atoms with Crippen LogP contribution in [0.4, 0.5) is 5.69 Å². The number of rotatable bonds is 2. The maximum atomic E-state index is 6.09. The first kappa shape index (κ1) is 14.4. The summed E-state index contributed by atoms with van der Waals surface area (Å²) in [5, 5.41) is 3.68. The Bertz CT molecular complexity index is 466. The molecule has 1 unspecified atom stereocenters. The van der Waals surface area contributed by atoms with Crippen LogP contribution in [0, 0.1) is 6.92 Å². The van der Waals surface area contributed by atoms with E-state index >= 15 is 0 Å². The maximum absolute atomic E-state index is 6.09. The van der Waals surface area contributed by atoms with Crippen LogP contribution in [0.1, 0.15) is 31.2 Å². The second-order valence-corrected chi connectivity index (χ2v) is 6.80. The number of ether oxygens (including phenoxy) is 2. The molecule has 2 fully saturated rings. The Balaban J connectivity index is 1.66. The fourth-order valence-corrected chi connectivity index (χ4v) is 3.46. The third-order valence-electron chi connectivity index (χ3n) is 4.43. The van der Waals surface area contributed by atoms with Crippen LogP contribution < -0.4 is 5.32 Å². The van der Waals surface area contributed by atoms with E-state index in [1.807, 2.05) is 0 Å². The van der Waals surface area contributed by atoms with E-state index in [2.05, 4.69) is 46.4 Å². The number of aryl methyl sites for hydroxylation is 1. The minimum Gasteiger partial charge on any atom is -0.382 e. The SMILES string of the molecule is Cc1cc(NC2CCOC3(CCOCC3)C2)ccc1Br. The Kier molecular flexibility index (Phi) is 4.34. The normalized spacial score (nSPS) is 25.6. The quantitative estimate of drug-likeness (QED) is 0.886. The molecule has 0 aliphatic carbocycles. The number of halogens is 1. The third kappa shape index (κ3) is 3.18. The topological polar surface area (TPSA) is 30.5 Å². The summed E-state index contributed by atoms with van der Waals surface area (Å²) >= 11 is 3.55. The van der Waals surface area contributed by atoms with Crippen LogP contribution in [0.5, 0.6) is 0 Å². The molecule has 0 aromatic heterocycles. The van der Waals surface area contributed by atoms with Crippen molar-refractivity contribution in [3.8, 4) is 0 Å². The molecule has 0 radical (unpaired) electrons. The van der Waals surface area contributed by atoms with Gasteiger partial charge in [-0.05, 0) is 56.4 Å². The number of hydrogen-bond acceptors (Lipinski definition) is 3. The number of hydrogen-bond donors (Lipinski definition) is 1. The van der Waals surface area contributed by atoms with Gasteiger partial charge in [-0.1, -0.05) is 15.9 Å². The van der Waals surface area contributed by atoms with Gasteiger partial charge in [0.05, 0.1) is 5.60 Å². The highest BCUT2D eigenvalue weighted by atomic mass is 79.9. The minimum atomic E-state index is 0.0541. The maximum Gasteiger partial charge on any atom is 0.0745 e. The van der Waals surface area contributed by atoms with Gasteiger partial charge in [-0.25, -0.2) is 0 Å². The first-order valence-corrected chi connectivity index (χ1v) is 8.21. The molecule has 110 valence electrons. The molecule has 0 bridgehead atoms. The van der Waals surface area contributed by atoms with Gasteiger partial charge >= 0.3 is 0 Å². The van der Waals surface area contributed by atoms with Crippen LogP contribution in [-0.2, 0) is 9.47 Å². The van der Waals surface area contributed by atoms with E-state index in [-0.39, 0.29) is 5.60 Å². The lowest BCUT2D eigenvalue weighted by Gasteiger charge is -2.43. The van der Waals surface area contributed by atoms with Gasteiger partial charge in [-0.2, -0.15) is 0 Å². The lowest BCUT2D eigenvalue weighted by atomic mass is 9.84. The number of anilines is 1. The molecule has 4 heteroatoms. The molecule has 1 aromatic carbocycles. The summed E-state index contributed by atoms with van der Waals surface area (Å²) in [6, 6.07) is 6.96. The van der Waals surface area contributed by atoms with Crippen molar-refractivity contribution in [1.82, 2.24) is 0 Å². The van der Waals surface area contributed by atoms with Gasteiger partial charge in [0.2, 0.25) is 0 Å². The molecule has 1 atom stereocenters. The van der Waals surface area contributed by atoms with Crippen molar-refractivity contribution >= 4 is 21.6 Å². The van der Waals surface area contributed by atoms with Gasteiger partial charge in [0.1, 0.15) is 0 Å². The first-order valence-electron chi connectivity index (χ1n) is 7.41. The van der Waals surface area contributed by atoms with E-state index in [1.165, 1.54) is 11.3 Å². The third-order valence-corrected chi connectivity index (χ3v) is 5.32. The zero-order chi connectivity index (χ0) is 14.0. The molecule has 2 aliphatic heterocycles. The zero-order valence-corrected chi connectivity index (χ0v) is 13.5. The van der Waals surface area contributed by atoms with Gasteiger partial charge in [-0.15, -0.1) is 0 Å². The molecule has 0 amide bonds. The van der Waals surface area contributed by atoms with Gasteiger partial charge in [0.25, 0.3) is 0 Å². The van der Waals surface area contributed by atoms with Gasteiger partial charge < -0.3 is 14.8 Å². The highest BCUT2D eigenvalue weighted by Gasteiger charge is 2.38. The number of benzene rings is 1. The lowest BCUT2D eigenvalue weighted by Crippen LogP contribution is -2.47. The van der Waals surface area contributed by atoms with E-state index in [9.17, 15) is 0 Å². The van der Waals surface area contributed by atoms with Crippen molar-refractivity contribution in [3.63, 3.8) is 0 Å². The average Bonchev–Trinajstić information content (AvgIpc) is 2.44. The molecule has 0 saturated carbocycles. The van der Waals surface area contributed by atoms with Crippen LogP contribution in [0.25, 0.3) is 0 Å². The standard InChI is InChI=1S/C16H22BrNO2/c1-12-10-13(2-3-15(12)17)18-14-4-7-20-16(11-14)5-8-19-9-6-16/h2-3,10,14,18H,4-9,11H2,1H3. The largest absolute Gasteiger partial charge is 0.382 e. The van der Waals surface area contributed by atoms with Gasteiger partial charge in [0.15, 0.2) is 0 Å². The Labute approximate surface area is 129 Å². The predicted molar refractivity (Wildman–Crippen MR) is 84.3 cm³/mol. The highest BCUT2D eigenvalue weighted by molar-refractivity contribution is 9.10. The molecule has 2 heterocycles. The van der Waals surface area contributed by atoms with Crippen LogP contribution >= 0.6 is 15.9 Å². The Morgan fingerprint density at radius 1 is 1.25 bits per heavy atom. The summed E-state index contributed by atoms with van der Waals surface area (Å²) in [7, 11) is 0. The highest BCUT2D eigenvalue weighted by Crippen LogP contribution is 2.35. The van der Waals surface area contributed by atoms with E-state index < -0.39 is 0 Å². The van der Waals surface area contributed by atoms with Crippen molar-refractivity contribution in [3.05, 3.63) is 28.2 Å². The van der Waals surface area contributed by atoms with E-state index in [0.29, 0.717) is 6.04 Å². The molecule has 2 aliphatic rings. The molecule has 1 aromatic rings. The Hall–Kier alpha value is -0.580. The van der Waals surface area contributed by atoms with Crippen LogP contribution in [0.15, 0.2) is 22.7 Å². The Morgan fingerprint density at radius 3 is 2.80 bits per heavy atom. The summed E-state index contributed by atoms with van der Waals surface area (Å²) in [6.45, 7) is 4.65. The molecule has 3 nitrogen and oxygen atoms in total. The molecule has 1 N–H and O–H groups in total. The number of nitrogens with one attached hydrogen (secondary N) is 1. The summed E-state index contributed by atoms with van der Waals surface area (Å²) in [5.41, 5.74) is 2.53. The molecular formula is C16H22BrNO2. The van der Waals surface area contributed by atoms with E-state index in [0.717, 1.165) is 50.0 Å². The van der Waals surface area contributed by atoms with E-state index in [1.54, 1.807) is 0 Å². The molecule has 20 heavy (non-hydrogen) atoms. The fraction of sp³-hybridized carbons (Fsp3) is 0.625. The van der Waals surface area contributed by atoms with Crippen molar-refractivity contribution < 1.29 is 9.47 Å². The Morgan fingerprint density at radius 2 is 2.05 bits per heavy atom. The fourth-order valence-electron chi connectivity index (χ4n) is 3.21. The summed E-state index contributed by atoms with van der Waals surface area (Å²) < 4.78 is 12.7. The molecule has 1 spiro atoms. The van der Waals surface area contributed by atoms with Crippen LogP contribution in [0.2, 0.25) is 0 Å². The van der Waals surface area contributed by atoms with Crippen LogP contribution in [0.3, 0.4) is 0 Å². The minimum absolute atomic E-state index is 0.0541. The van der Waals surface area contributed by atoms with Crippen molar-refractivity contribution in [1.29, 1.82) is 0 Å². The smallest absolute Gasteiger partial charge is 0.0745 e. The van der Waals surface area contributed by atoms with Crippen molar-refractivity contribution in [2.24, 2.45) is 0 Å². The first-order chi connectivity index (χ1) is 9.67. The van der Waals surface area contributed by atoms with Gasteiger partial charge in [0, 0.05) is 36.0 Å². The summed E-state index contributed by atoms with van der Waals surface area (Å²) in [4.78, 5) is 0. The van der Waals surface area contributed by atoms with E-state index in [4.69, 9.17) is 9.47 Å². The second kappa shape index (κ2) is 6.04. The molecule has 3 rings (SSSR count). The second-order valence-electron chi connectivity index (χ2n) is 5.94. The summed E-state index contributed by atoms with van der Waals surface area (Å²) in [6.07, 6.45) is 4.23. The molecule has 2 saturated heterocycles. The van der Waals surface area contributed by atoms with Crippen molar-refractivity contribution in [2.45, 2.75) is 44.2 Å². The molecular weight excluding hydrogens is 318 g/mol. The average molecular weight is 340 g/mol. The van der Waals surface area contributed by atoms with Crippen LogP contribution in [-0.4, -0.2) is 31.5 Å². The zero-order valence-electron chi connectivity index (χ0n) is 12.0.